The van der Waals surface area contributed by atoms with Gasteiger partial charge in [0.05, 0.1) is 5.75 Å². The Morgan fingerprint density at radius 3 is 2.76 bits per heavy atom. The molecule has 25 heavy (non-hydrogen) atoms. The molecule has 1 N–H and O–H groups in total. The van der Waals surface area contributed by atoms with Crippen molar-refractivity contribution in [2.45, 2.75) is 51.0 Å². The molecule has 1 amide bonds. The molecule has 0 aliphatic carbocycles. The molecule has 1 fully saturated rings. The van der Waals surface area contributed by atoms with E-state index in [9.17, 15) is 17.6 Å². The van der Waals surface area contributed by atoms with Gasteiger partial charge in [0.2, 0.25) is 10.0 Å². The number of sulfonamides is 1. The van der Waals surface area contributed by atoms with Crippen LogP contribution >= 0.6 is 0 Å². The van der Waals surface area contributed by atoms with Gasteiger partial charge < -0.3 is 9.64 Å². The van der Waals surface area contributed by atoms with Gasteiger partial charge in [-0.2, -0.15) is 0 Å². The standard InChI is InChI=1S/C17H25FN2O4S/c1-17(2,3)24-16(21)20-9-5-8-15(20)11-19-25(22,23)12-13-6-4-7-14(18)10-13/h4,6-7,10,15,19H,5,8-9,11-12H2,1-3H3/t15-/m1/s1. The zero-order chi connectivity index (χ0) is 18.7. The molecule has 1 aliphatic rings. The van der Waals surface area contributed by atoms with E-state index in [1.807, 2.05) is 0 Å². The van der Waals surface area contributed by atoms with Crippen LogP contribution < -0.4 is 4.72 Å². The summed E-state index contributed by atoms with van der Waals surface area (Å²) in [6.07, 6.45) is 1.08. The van der Waals surface area contributed by atoms with Crippen LogP contribution in [0.2, 0.25) is 0 Å². The van der Waals surface area contributed by atoms with E-state index in [0.717, 1.165) is 6.42 Å². The first-order valence-electron chi connectivity index (χ1n) is 8.27. The summed E-state index contributed by atoms with van der Waals surface area (Å²) >= 11 is 0. The lowest BCUT2D eigenvalue weighted by atomic mass is 10.2. The molecule has 0 unspecified atom stereocenters. The van der Waals surface area contributed by atoms with Crippen LogP contribution in [0.1, 0.15) is 39.2 Å². The van der Waals surface area contributed by atoms with Gasteiger partial charge in [0.1, 0.15) is 11.4 Å². The average Bonchev–Trinajstić information content (AvgIpc) is 2.91. The molecule has 1 aliphatic heterocycles. The van der Waals surface area contributed by atoms with Gasteiger partial charge >= 0.3 is 6.09 Å². The second-order valence-corrected chi connectivity index (χ2v) is 9.01. The Balaban J connectivity index is 1.93. The number of likely N-dealkylation sites (tertiary alicyclic amines) is 1. The second-order valence-electron chi connectivity index (χ2n) is 7.21. The fraction of sp³-hybridized carbons (Fsp3) is 0.588. The number of hydrogen-bond acceptors (Lipinski definition) is 4. The second kappa shape index (κ2) is 7.70. The largest absolute Gasteiger partial charge is 0.444 e. The lowest BCUT2D eigenvalue weighted by molar-refractivity contribution is 0.0229. The first kappa shape index (κ1) is 19.7. The SMILES string of the molecule is CC(C)(C)OC(=O)N1CCC[C@@H]1CNS(=O)(=O)Cc1cccc(F)c1. The smallest absolute Gasteiger partial charge is 0.410 e. The summed E-state index contributed by atoms with van der Waals surface area (Å²) in [5.41, 5.74) is -0.218. The zero-order valence-corrected chi connectivity index (χ0v) is 15.6. The number of carbonyl (C=O) groups is 1. The van der Waals surface area contributed by atoms with Crippen molar-refractivity contribution < 1.29 is 22.3 Å². The Kier molecular flexibility index (Phi) is 6.05. The molecular weight excluding hydrogens is 347 g/mol. The highest BCUT2D eigenvalue weighted by Crippen LogP contribution is 2.20. The van der Waals surface area contributed by atoms with Crippen molar-refractivity contribution in [3.8, 4) is 0 Å². The van der Waals surface area contributed by atoms with Crippen molar-refractivity contribution in [3.05, 3.63) is 35.6 Å². The van der Waals surface area contributed by atoms with Gasteiger partial charge in [-0.25, -0.2) is 22.3 Å². The van der Waals surface area contributed by atoms with E-state index in [1.54, 1.807) is 31.7 Å². The van der Waals surface area contributed by atoms with Gasteiger partial charge in [0, 0.05) is 19.1 Å². The lowest BCUT2D eigenvalue weighted by Crippen LogP contribution is -2.45. The van der Waals surface area contributed by atoms with Crippen LogP contribution in [0.3, 0.4) is 0 Å². The summed E-state index contributed by atoms with van der Waals surface area (Å²) < 4.78 is 45.5. The lowest BCUT2D eigenvalue weighted by Gasteiger charge is -2.28. The maximum atomic E-state index is 13.2. The van der Waals surface area contributed by atoms with Crippen LogP contribution in [0, 0.1) is 5.82 Å². The number of amides is 1. The minimum absolute atomic E-state index is 0.122. The van der Waals surface area contributed by atoms with Crippen LogP contribution in [0.5, 0.6) is 0 Å². The molecule has 0 bridgehead atoms. The Morgan fingerprint density at radius 2 is 2.12 bits per heavy atom. The maximum absolute atomic E-state index is 13.2. The van der Waals surface area contributed by atoms with E-state index in [2.05, 4.69) is 4.72 Å². The van der Waals surface area contributed by atoms with Crippen molar-refractivity contribution in [1.29, 1.82) is 0 Å². The van der Waals surface area contributed by atoms with E-state index in [-0.39, 0.29) is 18.3 Å². The fourth-order valence-corrected chi connectivity index (χ4v) is 3.90. The third-order valence-electron chi connectivity index (χ3n) is 3.79. The normalized spacial score (nSPS) is 18.4. The predicted molar refractivity (Wildman–Crippen MR) is 93.0 cm³/mol. The summed E-state index contributed by atoms with van der Waals surface area (Å²) in [5, 5.41) is 0. The van der Waals surface area contributed by atoms with Gasteiger partial charge in [-0.15, -0.1) is 0 Å². The van der Waals surface area contributed by atoms with Crippen LogP contribution in [0.4, 0.5) is 9.18 Å². The van der Waals surface area contributed by atoms with Crippen molar-refractivity contribution >= 4 is 16.1 Å². The molecule has 0 spiro atoms. The summed E-state index contributed by atoms with van der Waals surface area (Å²) in [6.45, 7) is 6.04. The summed E-state index contributed by atoms with van der Waals surface area (Å²) in [4.78, 5) is 13.8. The van der Waals surface area contributed by atoms with Crippen molar-refractivity contribution in [1.82, 2.24) is 9.62 Å². The Morgan fingerprint density at radius 1 is 1.40 bits per heavy atom. The Bertz CT molecular complexity index is 716. The van der Waals surface area contributed by atoms with Gasteiger partial charge in [-0.1, -0.05) is 12.1 Å². The van der Waals surface area contributed by atoms with Gasteiger partial charge in [-0.3, -0.25) is 0 Å². The highest BCUT2D eigenvalue weighted by Gasteiger charge is 2.32. The Hall–Kier alpha value is -1.67. The predicted octanol–water partition coefficient (Wildman–Crippen LogP) is 2.64. The number of ether oxygens (including phenoxy) is 1. The summed E-state index contributed by atoms with van der Waals surface area (Å²) in [5.74, 6) is -0.774. The molecule has 2 rings (SSSR count). The quantitative estimate of drug-likeness (QED) is 0.862. The summed E-state index contributed by atoms with van der Waals surface area (Å²) in [7, 11) is -3.62. The van der Waals surface area contributed by atoms with Crippen LogP contribution in [0.15, 0.2) is 24.3 Å². The molecule has 1 saturated heterocycles. The molecule has 1 aromatic carbocycles. The molecule has 0 saturated carbocycles. The first-order chi connectivity index (χ1) is 11.6. The van der Waals surface area contributed by atoms with Crippen LogP contribution in [0.25, 0.3) is 0 Å². The van der Waals surface area contributed by atoms with E-state index in [0.29, 0.717) is 18.5 Å². The zero-order valence-electron chi connectivity index (χ0n) is 14.8. The Labute approximate surface area is 148 Å². The van der Waals surface area contributed by atoms with Crippen molar-refractivity contribution in [2.24, 2.45) is 0 Å². The fourth-order valence-electron chi connectivity index (χ4n) is 2.73. The minimum Gasteiger partial charge on any atom is -0.444 e. The number of benzene rings is 1. The van der Waals surface area contributed by atoms with Gasteiger partial charge in [0.25, 0.3) is 0 Å². The van der Waals surface area contributed by atoms with E-state index in [1.165, 1.54) is 18.2 Å². The van der Waals surface area contributed by atoms with Crippen LogP contribution in [-0.4, -0.2) is 44.1 Å². The van der Waals surface area contributed by atoms with Crippen molar-refractivity contribution in [2.75, 3.05) is 13.1 Å². The molecule has 1 aromatic rings. The molecular formula is C17H25FN2O4S. The van der Waals surface area contributed by atoms with E-state index < -0.39 is 27.5 Å². The average molecular weight is 372 g/mol. The molecule has 0 aromatic heterocycles. The molecule has 1 heterocycles. The number of halogens is 1. The number of nitrogens with zero attached hydrogens (tertiary/aromatic N) is 1. The van der Waals surface area contributed by atoms with Crippen molar-refractivity contribution in [3.63, 3.8) is 0 Å². The molecule has 6 nitrogen and oxygen atoms in total. The maximum Gasteiger partial charge on any atom is 0.410 e. The molecule has 0 radical (unpaired) electrons. The first-order valence-corrected chi connectivity index (χ1v) is 9.92. The number of nitrogens with one attached hydrogen (secondary N) is 1. The highest BCUT2D eigenvalue weighted by atomic mass is 32.2. The van der Waals surface area contributed by atoms with Gasteiger partial charge in [0.15, 0.2) is 0 Å². The number of carbonyl (C=O) groups excluding carboxylic acids is 1. The minimum atomic E-state index is -3.62. The third kappa shape index (κ3) is 6.28. The van der Waals surface area contributed by atoms with Crippen LogP contribution in [-0.2, 0) is 20.5 Å². The highest BCUT2D eigenvalue weighted by molar-refractivity contribution is 7.88. The molecule has 8 heteroatoms. The third-order valence-corrected chi connectivity index (χ3v) is 5.11. The summed E-state index contributed by atoms with van der Waals surface area (Å²) in [6, 6.07) is 5.26. The van der Waals surface area contributed by atoms with E-state index >= 15 is 0 Å². The monoisotopic (exact) mass is 372 g/mol. The van der Waals surface area contributed by atoms with Gasteiger partial charge in [-0.05, 0) is 51.3 Å². The topological polar surface area (TPSA) is 75.7 Å². The molecule has 1 atom stereocenters. The molecule has 140 valence electrons. The van der Waals surface area contributed by atoms with E-state index in [4.69, 9.17) is 4.74 Å². The number of rotatable bonds is 5. The number of hydrogen-bond donors (Lipinski definition) is 1.